The van der Waals surface area contributed by atoms with E-state index in [0.717, 1.165) is 24.1 Å². The normalized spacial score (nSPS) is 19.3. The molecule has 2 heterocycles. The Balaban J connectivity index is 1.70. The summed E-state index contributed by atoms with van der Waals surface area (Å²) in [6.07, 6.45) is 3.34. The number of nitrogens with zero attached hydrogens (tertiary/aromatic N) is 2. The van der Waals surface area contributed by atoms with E-state index in [1.54, 1.807) is 23.6 Å². The minimum absolute atomic E-state index is 0.00205. The SMILES string of the molecule is CCOC(=O)C1CCN(C(=O)C(C)N2C(=O)CCCc3ccccc32)CC1. The lowest BCUT2D eigenvalue weighted by molar-refractivity contribution is -0.151. The zero-order valence-corrected chi connectivity index (χ0v) is 16.1. The maximum absolute atomic E-state index is 13.1. The molecule has 27 heavy (non-hydrogen) atoms. The third-order valence-electron chi connectivity index (χ3n) is 5.53. The summed E-state index contributed by atoms with van der Waals surface area (Å²) in [4.78, 5) is 41.1. The van der Waals surface area contributed by atoms with Crippen LogP contribution in [-0.4, -0.2) is 48.4 Å². The highest BCUT2D eigenvalue weighted by molar-refractivity contribution is 6.01. The van der Waals surface area contributed by atoms with Crippen molar-refractivity contribution in [3.05, 3.63) is 29.8 Å². The average Bonchev–Trinajstić information content (AvgIpc) is 2.85. The molecule has 3 rings (SSSR count). The maximum Gasteiger partial charge on any atom is 0.309 e. The first kappa shape index (κ1) is 19.4. The number of anilines is 1. The quantitative estimate of drug-likeness (QED) is 0.762. The number of benzene rings is 1. The van der Waals surface area contributed by atoms with Crippen LogP contribution in [0.3, 0.4) is 0 Å². The van der Waals surface area contributed by atoms with Crippen molar-refractivity contribution in [2.24, 2.45) is 5.92 Å². The average molecular weight is 372 g/mol. The Hall–Kier alpha value is -2.37. The molecule has 0 radical (unpaired) electrons. The number of para-hydroxylation sites is 1. The molecule has 2 aliphatic rings. The lowest BCUT2D eigenvalue weighted by Gasteiger charge is -2.36. The molecule has 1 unspecified atom stereocenters. The number of ether oxygens (including phenoxy) is 1. The topological polar surface area (TPSA) is 66.9 Å². The molecule has 146 valence electrons. The molecule has 2 aliphatic heterocycles. The molecule has 1 fully saturated rings. The van der Waals surface area contributed by atoms with Crippen LogP contribution in [0.4, 0.5) is 5.69 Å². The van der Waals surface area contributed by atoms with E-state index in [1.165, 1.54) is 0 Å². The molecule has 0 aromatic heterocycles. The summed E-state index contributed by atoms with van der Waals surface area (Å²) in [5, 5.41) is 0. The Morgan fingerprint density at radius 2 is 1.89 bits per heavy atom. The van der Waals surface area contributed by atoms with E-state index in [4.69, 9.17) is 4.74 Å². The number of amides is 2. The molecule has 1 aromatic carbocycles. The molecular weight excluding hydrogens is 344 g/mol. The van der Waals surface area contributed by atoms with Gasteiger partial charge in [-0.05, 0) is 51.2 Å². The van der Waals surface area contributed by atoms with Gasteiger partial charge in [-0.2, -0.15) is 0 Å². The van der Waals surface area contributed by atoms with E-state index < -0.39 is 6.04 Å². The molecule has 6 heteroatoms. The Kier molecular flexibility index (Phi) is 6.14. The van der Waals surface area contributed by atoms with Crippen LogP contribution in [0.5, 0.6) is 0 Å². The van der Waals surface area contributed by atoms with Gasteiger partial charge in [0.1, 0.15) is 6.04 Å². The van der Waals surface area contributed by atoms with Crippen molar-refractivity contribution in [1.82, 2.24) is 4.90 Å². The number of carbonyl (C=O) groups is 3. The van der Waals surface area contributed by atoms with Gasteiger partial charge in [-0.15, -0.1) is 0 Å². The molecule has 1 aromatic rings. The van der Waals surface area contributed by atoms with Crippen LogP contribution in [0.2, 0.25) is 0 Å². The van der Waals surface area contributed by atoms with E-state index in [2.05, 4.69) is 0 Å². The molecule has 1 saturated heterocycles. The van der Waals surface area contributed by atoms with E-state index in [-0.39, 0.29) is 23.7 Å². The first-order chi connectivity index (χ1) is 13.0. The van der Waals surface area contributed by atoms with Crippen LogP contribution in [0.1, 0.15) is 45.1 Å². The zero-order valence-electron chi connectivity index (χ0n) is 16.1. The van der Waals surface area contributed by atoms with Gasteiger partial charge in [0.15, 0.2) is 0 Å². The van der Waals surface area contributed by atoms with Gasteiger partial charge in [0.25, 0.3) is 0 Å². The Labute approximate surface area is 160 Å². The van der Waals surface area contributed by atoms with E-state index in [9.17, 15) is 14.4 Å². The molecule has 0 spiro atoms. The van der Waals surface area contributed by atoms with Gasteiger partial charge in [-0.3, -0.25) is 19.3 Å². The predicted molar refractivity (Wildman–Crippen MR) is 102 cm³/mol. The molecule has 0 saturated carbocycles. The second-order valence-electron chi connectivity index (χ2n) is 7.27. The first-order valence-corrected chi connectivity index (χ1v) is 9.88. The van der Waals surface area contributed by atoms with Gasteiger partial charge in [-0.25, -0.2) is 0 Å². The van der Waals surface area contributed by atoms with Crippen LogP contribution in [0, 0.1) is 5.92 Å². The summed E-state index contributed by atoms with van der Waals surface area (Å²) in [6, 6.07) is 7.29. The minimum atomic E-state index is -0.545. The second kappa shape index (κ2) is 8.55. The van der Waals surface area contributed by atoms with Crippen LogP contribution in [0.25, 0.3) is 0 Å². The second-order valence-corrected chi connectivity index (χ2v) is 7.27. The van der Waals surface area contributed by atoms with E-state index >= 15 is 0 Å². The fourth-order valence-corrected chi connectivity index (χ4v) is 4.04. The summed E-state index contributed by atoms with van der Waals surface area (Å²) >= 11 is 0. The predicted octanol–water partition coefficient (Wildman–Crippen LogP) is 2.55. The van der Waals surface area contributed by atoms with E-state index in [1.807, 2.05) is 24.3 Å². The van der Waals surface area contributed by atoms with Crippen LogP contribution in [-0.2, 0) is 25.5 Å². The summed E-state index contributed by atoms with van der Waals surface area (Å²) < 4.78 is 5.09. The highest BCUT2D eigenvalue weighted by Gasteiger charge is 2.35. The third kappa shape index (κ3) is 4.15. The van der Waals surface area contributed by atoms with Crippen molar-refractivity contribution in [2.45, 2.75) is 52.0 Å². The van der Waals surface area contributed by atoms with Gasteiger partial charge >= 0.3 is 5.97 Å². The highest BCUT2D eigenvalue weighted by Crippen LogP contribution is 2.29. The largest absolute Gasteiger partial charge is 0.466 e. The fraction of sp³-hybridized carbons (Fsp3) is 0.571. The maximum atomic E-state index is 13.1. The standard InChI is InChI=1S/C21H28N2O4/c1-3-27-21(26)17-11-13-22(14-12-17)20(25)15(2)23-18-9-5-4-7-16(18)8-6-10-19(23)24/h4-5,7,9,15,17H,3,6,8,10-14H2,1-2H3. The van der Waals surface area contributed by atoms with Crippen molar-refractivity contribution in [2.75, 3.05) is 24.6 Å². The molecule has 2 amide bonds. The van der Waals surface area contributed by atoms with Crippen molar-refractivity contribution in [1.29, 1.82) is 0 Å². The number of esters is 1. The van der Waals surface area contributed by atoms with Crippen molar-refractivity contribution in [3.63, 3.8) is 0 Å². The van der Waals surface area contributed by atoms with Crippen molar-refractivity contribution >= 4 is 23.5 Å². The van der Waals surface area contributed by atoms with Gasteiger partial charge in [0.05, 0.1) is 12.5 Å². The Morgan fingerprint density at radius 1 is 1.19 bits per heavy atom. The van der Waals surface area contributed by atoms with Crippen LogP contribution >= 0.6 is 0 Å². The molecular formula is C21H28N2O4. The smallest absolute Gasteiger partial charge is 0.309 e. The Morgan fingerprint density at radius 3 is 2.59 bits per heavy atom. The van der Waals surface area contributed by atoms with Crippen molar-refractivity contribution in [3.8, 4) is 0 Å². The molecule has 0 bridgehead atoms. The van der Waals surface area contributed by atoms with Gasteiger partial charge in [-0.1, -0.05) is 18.2 Å². The number of hydrogen-bond acceptors (Lipinski definition) is 4. The summed E-state index contributed by atoms with van der Waals surface area (Å²) in [5.74, 6) is -0.358. The number of hydrogen-bond donors (Lipinski definition) is 0. The monoisotopic (exact) mass is 372 g/mol. The highest BCUT2D eigenvalue weighted by atomic mass is 16.5. The van der Waals surface area contributed by atoms with E-state index in [0.29, 0.717) is 39.0 Å². The lowest BCUT2D eigenvalue weighted by atomic mass is 9.96. The number of likely N-dealkylation sites (tertiary alicyclic amines) is 1. The van der Waals surface area contributed by atoms with Crippen LogP contribution < -0.4 is 4.90 Å². The summed E-state index contributed by atoms with van der Waals surface area (Å²) in [7, 11) is 0. The number of fused-ring (bicyclic) bond motifs is 1. The lowest BCUT2D eigenvalue weighted by Crippen LogP contribution is -2.52. The van der Waals surface area contributed by atoms with Gasteiger partial charge in [0.2, 0.25) is 11.8 Å². The van der Waals surface area contributed by atoms with Gasteiger partial charge in [0, 0.05) is 25.2 Å². The summed E-state index contributed by atoms with van der Waals surface area (Å²) in [5.41, 5.74) is 1.96. The number of carbonyl (C=O) groups excluding carboxylic acids is 3. The van der Waals surface area contributed by atoms with Gasteiger partial charge < -0.3 is 9.64 Å². The zero-order chi connectivity index (χ0) is 19.4. The Bertz CT molecular complexity index is 710. The summed E-state index contributed by atoms with van der Waals surface area (Å²) in [6.45, 7) is 5.03. The molecule has 1 atom stereocenters. The number of piperidine rings is 1. The number of rotatable bonds is 4. The van der Waals surface area contributed by atoms with Crippen molar-refractivity contribution < 1.29 is 19.1 Å². The molecule has 0 aliphatic carbocycles. The number of aryl methyl sites for hydroxylation is 1. The minimum Gasteiger partial charge on any atom is -0.466 e. The molecule has 6 nitrogen and oxygen atoms in total. The first-order valence-electron chi connectivity index (χ1n) is 9.88. The molecule has 0 N–H and O–H groups in total. The van der Waals surface area contributed by atoms with Crippen LogP contribution in [0.15, 0.2) is 24.3 Å². The fourth-order valence-electron chi connectivity index (χ4n) is 4.04. The third-order valence-corrected chi connectivity index (χ3v) is 5.53.